The van der Waals surface area contributed by atoms with Crippen LogP contribution < -0.4 is 0 Å². The minimum atomic E-state index is -0.660. The van der Waals surface area contributed by atoms with Gasteiger partial charge in [0.2, 0.25) is 0 Å². The van der Waals surface area contributed by atoms with Crippen molar-refractivity contribution in [2.45, 2.75) is 12.5 Å². The van der Waals surface area contributed by atoms with Gasteiger partial charge in [-0.3, -0.25) is 4.98 Å². The lowest BCUT2D eigenvalue weighted by molar-refractivity contribution is 0.170. The standard InChI is InChI=1S/C15H14N4O/c20-15(10-12-6-8-16-9-7-12)14-11-17-18-19(14)13-4-2-1-3-5-13/h1-9,11,15,20H,10H2. The Morgan fingerprint density at radius 3 is 2.55 bits per heavy atom. The number of nitrogens with zero attached hydrogens (tertiary/aromatic N) is 4. The average Bonchev–Trinajstić information content (AvgIpc) is 2.99. The van der Waals surface area contributed by atoms with Crippen molar-refractivity contribution in [3.63, 3.8) is 0 Å². The van der Waals surface area contributed by atoms with Crippen LogP contribution in [-0.4, -0.2) is 25.1 Å². The molecular weight excluding hydrogens is 252 g/mol. The van der Waals surface area contributed by atoms with Gasteiger partial charge >= 0.3 is 0 Å². The lowest BCUT2D eigenvalue weighted by atomic mass is 10.1. The summed E-state index contributed by atoms with van der Waals surface area (Å²) in [4.78, 5) is 3.97. The molecule has 0 amide bonds. The zero-order chi connectivity index (χ0) is 13.8. The number of rotatable bonds is 4. The zero-order valence-electron chi connectivity index (χ0n) is 10.8. The summed E-state index contributed by atoms with van der Waals surface area (Å²) in [6, 6.07) is 13.4. The molecule has 1 N–H and O–H groups in total. The van der Waals surface area contributed by atoms with Gasteiger partial charge in [-0.1, -0.05) is 23.4 Å². The van der Waals surface area contributed by atoms with E-state index < -0.39 is 6.10 Å². The van der Waals surface area contributed by atoms with Gasteiger partial charge in [-0.2, -0.15) is 0 Å². The molecule has 1 aromatic carbocycles. The first-order valence-corrected chi connectivity index (χ1v) is 6.37. The molecule has 0 saturated carbocycles. The molecule has 5 heteroatoms. The van der Waals surface area contributed by atoms with Gasteiger partial charge in [-0.05, 0) is 29.8 Å². The third kappa shape index (κ3) is 2.57. The van der Waals surface area contributed by atoms with Gasteiger partial charge in [-0.25, -0.2) is 4.68 Å². The fourth-order valence-corrected chi connectivity index (χ4v) is 2.09. The van der Waals surface area contributed by atoms with Gasteiger partial charge in [0.15, 0.2) is 0 Å². The number of aliphatic hydroxyl groups excluding tert-OH is 1. The molecule has 2 aromatic heterocycles. The van der Waals surface area contributed by atoms with E-state index in [-0.39, 0.29) is 0 Å². The Morgan fingerprint density at radius 2 is 1.80 bits per heavy atom. The first-order valence-electron chi connectivity index (χ1n) is 6.37. The summed E-state index contributed by atoms with van der Waals surface area (Å²) in [7, 11) is 0. The summed E-state index contributed by atoms with van der Waals surface area (Å²) in [5.41, 5.74) is 2.58. The van der Waals surface area contributed by atoms with Gasteiger partial charge in [0.05, 0.1) is 17.6 Å². The van der Waals surface area contributed by atoms with Gasteiger partial charge in [0.1, 0.15) is 6.10 Å². The number of aromatic nitrogens is 4. The molecule has 0 saturated heterocycles. The molecular formula is C15H14N4O. The Morgan fingerprint density at radius 1 is 1.05 bits per heavy atom. The van der Waals surface area contributed by atoms with Crippen molar-refractivity contribution in [3.05, 3.63) is 72.3 Å². The minimum Gasteiger partial charge on any atom is -0.386 e. The van der Waals surface area contributed by atoms with Crippen molar-refractivity contribution < 1.29 is 5.11 Å². The number of pyridine rings is 1. The van der Waals surface area contributed by atoms with E-state index in [1.165, 1.54) is 0 Å². The monoisotopic (exact) mass is 266 g/mol. The molecule has 0 aliphatic carbocycles. The Labute approximate surface area is 116 Å². The van der Waals surface area contributed by atoms with E-state index in [0.717, 1.165) is 11.3 Å². The zero-order valence-corrected chi connectivity index (χ0v) is 10.8. The molecule has 0 aliphatic rings. The molecule has 2 heterocycles. The summed E-state index contributed by atoms with van der Waals surface area (Å²) in [6.07, 6.45) is 4.87. The maximum atomic E-state index is 10.4. The molecule has 3 aromatic rings. The predicted molar refractivity (Wildman–Crippen MR) is 74.3 cm³/mol. The van der Waals surface area contributed by atoms with Crippen LogP contribution in [0.1, 0.15) is 17.4 Å². The maximum Gasteiger partial charge on any atom is 0.102 e. The summed E-state index contributed by atoms with van der Waals surface area (Å²) in [5, 5.41) is 18.3. The van der Waals surface area contributed by atoms with E-state index in [9.17, 15) is 5.11 Å². The minimum absolute atomic E-state index is 0.503. The summed E-state index contributed by atoms with van der Waals surface area (Å²) in [5.74, 6) is 0. The number of benzene rings is 1. The highest BCUT2D eigenvalue weighted by atomic mass is 16.3. The van der Waals surface area contributed by atoms with E-state index in [1.54, 1.807) is 23.3 Å². The van der Waals surface area contributed by atoms with Crippen molar-refractivity contribution in [3.8, 4) is 5.69 Å². The Kier molecular flexibility index (Phi) is 3.52. The van der Waals surface area contributed by atoms with Crippen LogP contribution in [0.5, 0.6) is 0 Å². The molecule has 0 fully saturated rings. The fraction of sp³-hybridized carbons (Fsp3) is 0.133. The van der Waals surface area contributed by atoms with Gasteiger partial charge < -0.3 is 5.11 Å². The highest BCUT2D eigenvalue weighted by molar-refractivity contribution is 5.32. The smallest absolute Gasteiger partial charge is 0.102 e. The van der Waals surface area contributed by atoms with E-state index in [4.69, 9.17) is 0 Å². The lowest BCUT2D eigenvalue weighted by Gasteiger charge is -2.12. The number of aliphatic hydroxyl groups is 1. The van der Waals surface area contributed by atoms with Crippen molar-refractivity contribution in [2.75, 3.05) is 0 Å². The normalized spacial score (nSPS) is 12.2. The second-order valence-corrected chi connectivity index (χ2v) is 4.48. The highest BCUT2D eigenvalue weighted by Crippen LogP contribution is 2.19. The molecule has 20 heavy (non-hydrogen) atoms. The van der Waals surface area contributed by atoms with Crippen molar-refractivity contribution in [1.82, 2.24) is 20.0 Å². The highest BCUT2D eigenvalue weighted by Gasteiger charge is 2.15. The largest absolute Gasteiger partial charge is 0.386 e. The van der Waals surface area contributed by atoms with E-state index in [1.807, 2.05) is 42.5 Å². The van der Waals surface area contributed by atoms with Gasteiger partial charge in [-0.15, -0.1) is 5.10 Å². The fourth-order valence-electron chi connectivity index (χ4n) is 2.09. The predicted octanol–water partition coefficient (Wildman–Crippen LogP) is 1.94. The Bertz CT molecular complexity index is 667. The molecule has 0 radical (unpaired) electrons. The first-order chi connectivity index (χ1) is 9.84. The summed E-state index contributed by atoms with van der Waals surface area (Å²) >= 11 is 0. The van der Waals surface area contributed by atoms with Gasteiger partial charge in [0.25, 0.3) is 0 Å². The third-order valence-corrected chi connectivity index (χ3v) is 3.10. The summed E-state index contributed by atoms with van der Waals surface area (Å²) < 4.78 is 1.66. The Balaban J connectivity index is 1.86. The van der Waals surface area contributed by atoms with Crippen LogP contribution in [0.4, 0.5) is 0 Å². The number of hydrogen-bond acceptors (Lipinski definition) is 4. The lowest BCUT2D eigenvalue weighted by Crippen LogP contribution is -2.09. The van der Waals surface area contributed by atoms with Crippen LogP contribution >= 0.6 is 0 Å². The first kappa shape index (κ1) is 12.5. The second kappa shape index (κ2) is 5.63. The van der Waals surface area contributed by atoms with Crippen molar-refractivity contribution in [2.24, 2.45) is 0 Å². The second-order valence-electron chi connectivity index (χ2n) is 4.48. The summed E-state index contributed by atoms with van der Waals surface area (Å²) in [6.45, 7) is 0. The van der Waals surface area contributed by atoms with E-state index >= 15 is 0 Å². The molecule has 3 rings (SSSR count). The quantitative estimate of drug-likeness (QED) is 0.783. The van der Waals surface area contributed by atoms with Crippen molar-refractivity contribution in [1.29, 1.82) is 0 Å². The Hall–Kier alpha value is -2.53. The molecule has 1 atom stereocenters. The number of para-hydroxylation sites is 1. The molecule has 100 valence electrons. The maximum absolute atomic E-state index is 10.4. The molecule has 0 spiro atoms. The van der Waals surface area contributed by atoms with Crippen LogP contribution in [0, 0.1) is 0 Å². The third-order valence-electron chi connectivity index (χ3n) is 3.10. The van der Waals surface area contributed by atoms with Crippen LogP contribution in [0.25, 0.3) is 5.69 Å². The van der Waals surface area contributed by atoms with Crippen LogP contribution in [0.3, 0.4) is 0 Å². The van der Waals surface area contributed by atoms with Crippen molar-refractivity contribution >= 4 is 0 Å². The molecule has 5 nitrogen and oxygen atoms in total. The molecule has 1 unspecified atom stereocenters. The topological polar surface area (TPSA) is 63.8 Å². The molecule has 0 bridgehead atoms. The number of hydrogen-bond donors (Lipinski definition) is 1. The van der Waals surface area contributed by atoms with E-state index in [2.05, 4.69) is 15.3 Å². The van der Waals surface area contributed by atoms with E-state index in [0.29, 0.717) is 12.1 Å². The SMILES string of the molecule is OC(Cc1ccncc1)c1cnnn1-c1ccccc1. The molecule has 0 aliphatic heterocycles. The van der Waals surface area contributed by atoms with Crippen LogP contribution in [0.15, 0.2) is 61.1 Å². The average molecular weight is 266 g/mol. The van der Waals surface area contributed by atoms with Crippen LogP contribution in [-0.2, 0) is 6.42 Å². The van der Waals surface area contributed by atoms with Crippen LogP contribution in [0.2, 0.25) is 0 Å². The van der Waals surface area contributed by atoms with Gasteiger partial charge in [0, 0.05) is 18.8 Å².